The van der Waals surface area contributed by atoms with E-state index in [1.54, 1.807) is 12.1 Å². The standard InChI is InChI=1S/C27H27F6N3O4/c1-16(37)34-7-9-35(10-8-34)25(39)22-20-5-3-4-6-21(20)24(38)36(11-12-40-2)23(22)17-13-18(26(28,29)30)15-19(14-17)27(31,32)33/h3-6,13-15,22-23H,7-12H2,1-2H3. The fourth-order valence-electron chi connectivity index (χ4n) is 5.25. The lowest BCUT2D eigenvalue weighted by Crippen LogP contribution is -2.54. The summed E-state index contributed by atoms with van der Waals surface area (Å²) in [5.74, 6) is -2.71. The fourth-order valence-corrected chi connectivity index (χ4v) is 5.25. The van der Waals surface area contributed by atoms with E-state index in [1.807, 2.05) is 0 Å². The van der Waals surface area contributed by atoms with Crippen LogP contribution in [0.2, 0.25) is 0 Å². The van der Waals surface area contributed by atoms with Gasteiger partial charge in [-0.1, -0.05) is 18.2 Å². The van der Waals surface area contributed by atoms with Crippen molar-refractivity contribution < 1.29 is 45.5 Å². The molecule has 1 saturated heterocycles. The van der Waals surface area contributed by atoms with Crippen molar-refractivity contribution in [1.82, 2.24) is 14.7 Å². The van der Waals surface area contributed by atoms with Gasteiger partial charge in [-0.2, -0.15) is 26.3 Å². The number of fused-ring (bicyclic) bond motifs is 1. The van der Waals surface area contributed by atoms with Crippen LogP contribution < -0.4 is 0 Å². The van der Waals surface area contributed by atoms with E-state index in [1.165, 1.54) is 36.0 Å². The van der Waals surface area contributed by atoms with Gasteiger partial charge < -0.3 is 19.4 Å². The van der Waals surface area contributed by atoms with Crippen molar-refractivity contribution in [3.63, 3.8) is 0 Å². The molecule has 2 aromatic carbocycles. The third-order valence-corrected chi connectivity index (χ3v) is 7.23. The molecule has 0 aliphatic carbocycles. The lowest BCUT2D eigenvalue weighted by atomic mass is 9.78. The van der Waals surface area contributed by atoms with Crippen LogP contribution in [0.4, 0.5) is 26.3 Å². The van der Waals surface area contributed by atoms with Crippen molar-refractivity contribution >= 4 is 17.7 Å². The molecular formula is C27H27F6N3O4. The van der Waals surface area contributed by atoms with E-state index < -0.39 is 52.8 Å². The van der Waals surface area contributed by atoms with Crippen LogP contribution in [0.5, 0.6) is 0 Å². The number of nitrogens with zero attached hydrogens (tertiary/aromatic N) is 3. The van der Waals surface area contributed by atoms with E-state index in [-0.39, 0.29) is 62.4 Å². The van der Waals surface area contributed by atoms with Gasteiger partial charge in [0.2, 0.25) is 11.8 Å². The Kier molecular flexibility index (Phi) is 8.16. The number of alkyl halides is 6. The van der Waals surface area contributed by atoms with Crippen molar-refractivity contribution in [2.45, 2.75) is 31.2 Å². The Morgan fingerprint density at radius 3 is 1.98 bits per heavy atom. The van der Waals surface area contributed by atoms with Gasteiger partial charge in [-0.25, -0.2) is 0 Å². The number of rotatable bonds is 5. The van der Waals surface area contributed by atoms with Crippen LogP contribution in [0, 0.1) is 0 Å². The number of hydrogen-bond donors (Lipinski definition) is 0. The monoisotopic (exact) mass is 571 g/mol. The van der Waals surface area contributed by atoms with Gasteiger partial charge in [0.15, 0.2) is 0 Å². The van der Waals surface area contributed by atoms with E-state index in [9.17, 15) is 40.7 Å². The third kappa shape index (κ3) is 5.79. The van der Waals surface area contributed by atoms with E-state index >= 15 is 0 Å². The number of amides is 3. The number of piperazine rings is 1. The lowest BCUT2D eigenvalue weighted by molar-refractivity contribution is -0.143. The van der Waals surface area contributed by atoms with E-state index in [0.29, 0.717) is 12.1 Å². The van der Waals surface area contributed by atoms with Crippen LogP contribution in [0.25, 0.3) is 0 Å². The highest BCUT2D eigenvalue weighted by atomic mass is 19.4. The molecule has 0 spiro atoms. The molecule has 2 atom stereocenters. The van der Waals surface area contributed by atoms with Gasteiger partial charge in [0, 0.05) is 52.3 Å². The highest BCUT2D eigenvalue weighted by molar-refractivity contribution is 6.01. The van der Waals surface area contributed by atoms with Crippen LogP contribution in [0.15, 0.2) is 42.5 Å². The average molecular weight is 572 g/mol. The Morgan fingerprint density at radius 2 is 1.45 bits per heavy atom. The molecule has 4 rings (SSSR count). The first-order chi connectivity index (χ1) is 18.7. The number of carbonyl (C=O) groups is 3. The van der Waals surface area contributed by atoms with E-state index in [4.69, 9.17) is 4.74 Å². The average Bonchev–Trinajstić information content (AvgIpc) is 2.91. The number of benzene rings is 2. The van der Waals surface area contributed by atoms with Crippen molar-refractivity contribution in [2.75, 3.05) is 46.4 Å². The van der Waals surface area contributed by atoms with Gasteiger partial charge in [-0.15, -0.1) is 0 Å². The van der Waals surface area contributed by atoms with Gasteiger partial charge in [-0.3, -0.25) is 14.4 Å². The third-order valence-electron chi connectivity index (χ3n) is 7.23. The van der Waals surface area contributed by atoms with Crippen LogP contribution in [0.1, 0.15) is 51.5 Å². The molecule has 1 fully saturated rings. The van der Waals surface area contributed by atoms with E-state index in [0.717, 1.165) is 4.90 Å². The Balaban J connectivity index is 1.91. The molecule has 40 heavy (non-hydrogen) atoms. The molecule has 2 aliphatic rings. The molecule has 2 heterocycles. The molecule has 0 bridgehead atoms. The van der Waals surface area contributed by atoms with Gasteiger partial charge in [0.25, 0.3) is 5.91 Å². The minimum atomic E-state index is -5.12. The van der Waals surface area contributed by atoms with Gasteiger partial charge in [0.1, 0.15) is 0 Å². The maximum Gasteiger partial charge on any atom is 0.416 e. The van der Waals surface area contributed by atoms with Crippen LogP contribution in [0.3, 0.4) is 0 Å². The summed E-state index contributed by atoms with van der Waals surface area (Å²) in [4.78, 5) is 43.5. The predicted molar refractivity (Wildman–Crippen MR) is 130 cm³/mol. The largest absolute Gasteiger partial charge is 0.416 e. The quantitative estimate of drug-likeness (QED) is 0.501. The first-order valence-corrected chi connectivity index (χ1v) is 12.5. The second kappa shape index (κ2) is 11.1. The molecule has 2 aromatic rings. The summed E-state index contributed by atoms with van der Waals surface area (Å²) < 4.78 is 87.8. The highest BCUT2D eigenvalue weighted by Crippen LogP contribution is 2.46. The van der Waals surface area contributed by atoms with Crippen molar-refractivity contribution in [3.05, 3.63) is 70.3 Å². The summed E-state index contributed by atoms with van der Waals surface area (Å²) in [6.07, 6.45) is -10.2. The number of hydrogen-bond acceptors (Lipinski definition) is 4. The van der Waals surface area contributed by atoms with Crippen molar-refractivity contribution in [2.24, 2.45) is 0 Å². The summed E-state index contributed by atoms with van der Waals surface area (Å²) in [7, 11) is 1.33. The Hall–Kier alpha value is -3.61. The molecular weight excluding hydrogens is 544 g/mol. The first-order valence-electron chi connectivity index (χ1n) is 12.5. The van der Waals surface area contributed by atoms with Crippen LogP contribution >= 0.6 is 0 Å². The zero-order chi connectivity index (χ0) is 29.4. The summed E-state index contributed by atoms with van der Waals surface area (Å²) in [5.41, 5.74) is -3.23. The molecule has 13 heteroatoms. The topological polar surface area (TPSA) is 70.2 Å². The van der Waals surface area contributed by atoms with Gasteiger partial charge in [0.05, 0.1) is 29.7 Å². The van der Waals surface area contributed by atoms with Gasteiger partial charge in [-0.05, 0) is 35.4 Å². The summed E-state index contributed by atoms with van der Waals surface area (Å²) in [6, 6.07) is 5.72. The molecule has 0 aromatic heterocycles. The molecule has 0 saturated carbocycles. The molecule has 216 valence electrons. The molecule has 7 nitrogen and oxygen atoms in total. The second-order valence-electron chi connectivity index (χ2n) is 9.67. The van der Waals surface area contributed by atoms with Gasteiger partial charge >= 0.3 is 12.4 Å². The minimum absolute atomic E-state index is 0.0133. The van der Waals surface area contributed by atoms with Crippen LogP contribution in [-0.2, 0) is 26.7 Å². The van der Waals surface area contributed by atoms with Crippen molar-refractivity contribution in [3.8, 4) is 0 Å². The molecule has 2 unspecified atom stereocenters. The lowest BCUT2D eigenvalue weighted by Gasteiger charge is -2.44. The zero-order valence-corrected chi connectivity index (χ0v) is 21.7. The summed E-state index contributed by atoms with van der Waals surface area (Å²) in [6.45, 7) is 1.79. The smallest absolute Gasteiger partial charge is 0.383 e. The first kappa shape index (κ1) is 29.4. The maximum absolute atomic E-state index is 14.1. The predicted octanol–water partition coefficient (Wildman–Crippen LogP) is 4.34. The normalized spacial score (nSPS) is 20.0. The Labute approximate surface area is 226 Å². The van der Waals surface area contributed by atoms with Crippen molar-refractivity contribution in [1.29, 1.82) is 0 Å². The number of carbonyl (C=O) groups excluding carboxylic acids is 3. The SMILES string of the molecule is COCCN1C(=O)c2ccccc2C(C(=O)N2CCN(C(C)=O)CC2)C1c1cc(C(F)(F)F)cc(C(F)(F)F)c1. The summed E-state index contributed by atoms with van der Waals surface area (Å²) in [5, 5.41) is 0. The number of halogens is 6. The number of ether oxygens (including phenoxy) is 1. The molecule has 3 amide bonds. The minimum Gasteiger partial charge on any atom is -0.383 e. The molecule has 0 radical (unpaired) electrons. The van der Waals surface area contributed by atoms with Crippen LogP contribution in [-0.4, -0.2) is 78.9 Å². The highest BCUT2D eigenvalue weighted by Gasteiger charge is 2.47. The Morgan fingerprint density at radius 1 is 0.900 bits per heavy atom. The maximum atomic E-state index is 14.1. The number of methoxy groups -OCH3 is 1. The van der Waals surface area contributed by atoms with E-state index in [2.05, 4.69) is 0 Å². The zero-order valence-electron chi connectivity index (χ0n) is 21.7. The second-order valence-corrected chi connectivity index (χ2v) is 9.67. The molecule has 2 aliphatic heterocycles. The fraction of sp³-hybridized carbons (Fsp3) is 0.444. The molecule has 0 N–H and O–H groups in total. The Bertz CT molecular complexity index is 1260. The summed E-state index contributed by atoms with van der Waals surface area (Å²) >= 11 is 0.